The van der Waals surface area contributed by atoms with Crippen molar-refractivity contribution in [3.63, 3.8) is 0 Å². The van der Waals surface area contributed by atoms with Crippen LogP contribution in [0.2, 0.25) is 5.02 Å². The predicted molar refractivity (Wildman–Crippen MR) is 130 cm³/mol. The number of methoxy groups -OCH3 is 1. The number of ether oxygens (including phenoxy) is 2. The van der Waals surface area contributed by atoms with E-state index >= 15 is 0 Å². The monoisotopic (exact) mass is 490 g/mol. The van der Waals surface area contributed by atoms with Gasteiger partial charge in [0.2, 0.25) is 0 Å². The topological polar surface area (TPSA) is 102 Å². The molecule has 1 aliphatic rings. The van der Waals surface area contributed by atoms with Gasteiger partial charge in [0.05, 0.1) is 18.4 Å². The molecule has 4 rings (SSSR count). The summed E-state index contributed by atoms with van der Waals surface area (Å²) in [6.45, 7) is 1.78. The molecule has 3 aromatic carbocycles. The van der Waals surface area contributed by atoms with Crippen molar-refractivity contribution in [1.82, 2.24) is 5.32 Å². The molecule has 0 spiro atoms. The summed E-state index contributed by atoms with van der Waals surface area (Å²) in [7, 11) is 1.39. The van der Waals surface area contributed by atoms with Crippen LogP contribution < -0.4 is 19.7 Å². The Labute approximate surface area is 205 Å². The van der Waals surface area contributed by atoms with Crippen LogP contribution in [0.3, 0.4) is 0 Å². The summed E-state index contributed by atoms with van der Waals surface area (Å²) in [5, 5.41) is 2.53. The molecule has 3 aromatic rings. The third kappa shape index (κ3) is 4.92. The lowest BCUT2D eigenvalue weighted by molar-refractivity contribution is -0.122. The summed E-state index contributed by atoms with van der Waals surface area (Å²) in [6.07, 6.45) is 1.32. The van der Waals surface area contributed by atoms with Crippen LogP contribution in [0, 0.1) is 6.92 Å². The normalized spacial score (nSPS) is 14.7. The molecule has 0 aromatic heterocycles. The Morgan fingerprint density at radius 1 is 0.971 bits per heavy atom. The quantitative estimate of drug-likeness (QED) is 0.244. The third-order valence-electron chi connectivity index (χ3n) is 5.23. The van der Waals surface area contributed by atoms with E-state index in [-0.39, 0.29) is 22.8 Å². The molecule has 0 atom stereocenters. The fraction of sp³-hybridized carbons (Fsp3) is 0.0769. The van der Waals surface area contributed by atoms with E-state index in [1.165, 1.54) is 31.4 Å². The third-order valence-corrected chi connectivity index (χ3v) is 5.63. The molecule has 1 N–H and O–H groups in total. The van der Waals surface area contributed by atoms with Crippen molar-refractivity contribution < 1.29 is 28.7 Å². The average Bonchev–Trinajstić information content (AvgIpc) is 2.85. The highest BCUT2D eigenvalue weighted by molar-refractivity contribution is 6.39. The highest BCUT2D eigenvalue weighted by atomic mass is 35.5. The zero-order valence-electron chi connectivity index (χ0n) is 18.7. The number of barbiturate groups is 1. The van der Waals surface area contributed by atoms with Crippen LogP contribution in [-0.2, 0) is 9.59 Å². The molecule has 8 nitrogen and oxygen atoms in total. The number of aryl methyl sites for hydroxylation is 1. The Morgan fingerprint density at radius 2 is 1.71 bits per heavy atom. The zero-order valence-corrected chi connectivity index (χ0v) is 19.5. The maximum absolute atomic E-state index is 13.1. The second-order valence-corrected chi connectivity index (χ2v) is 7.96. The molecule has 9 heteroatoms. The number of nitrogens with zero attached hydrogens (tertiary/aromatic N) is 1. The van der Waals surface area contributed by atoms with Gasteiger partial charge in [-0.3, -0.25) is 14.9 Å². The molecule has 176 valence electrons. The molecular formula is C26H19ClN2O6. The second-order valence-electron chi connectivity index (χ2n) is 7.56. The molecule has 4 amide bonds. The van der Waals surface area contributed by atoms with Crippen molar-refractivity contribution in [2.45, 2.75) is 6.92 Å². The number of hydrogen-bond acceptors (Lipinski definition) is 6. The second kappa shape index (κ2) is 9.82. The highest BCUT2D eigenvalue weighted by Gasteiger charge is 2.37. The largest absolute Gasteiger partial charge is 0.493 e. The average molecular weight is 491 g/mol. The van der Waals surface area contributed by atoms with Crippen LogP contribution in [0.4, 0.5) is 10.5 Å². The Morgan fingerprint density at radius 3 is 2.40 bits per heavy atom. The van der Waals surface area contributed by atoms with E-state index in [4.69, 9.17) is 21.1 Å². The fourth-order valence-electron chi connectivity index (χ4n) is 3.37. The summed E-state index contributed by atoms with van der Waals surface area (Å²) in [4.78, 5) is 51.2. The smallest absolute Gasteiger partial charge is 0.343 e. The van der Waals surface area contributed by atoms with Crippen LogP contribution in [0.15, 0.2) is 72.3 Å². The van der Waals surface area contributed by atoms with Gasteiger partial charge >= 0.3 is 12.0 Å². The lowest BCUT2D eigenvalue weighted by Gasteiger charge is -2.26. The molecule has 0 radical (unpaired) electrons. The summed E-state index contributed by atoms with van der Waals surface area (Å²) in [5.41, 5.74) is 1.51. The SMILES string of the molecule is COc1cc(C=C2C(=O)NC(=O)N(c3ccc(C)c(Cl)c3)C2=O)ccc1OC(=O)c1ccccc1. The van der Waals surface area contributed by atoms with E-state index in [0.717, 1.165) is 10.5 Å². The van der Waals surface area contributed by atoms with Crippen LogP contribution in [0.25, 0.3) is 6.08 Å². The maximum atomic E-state index is 13.1. The minimum absolute atomic E-state index is 0.161. The van der Waals surface area contributed by atoms with Gasteiger partial charge in [-0.15, -0.1) is 0 Å². The van der Waals surface area contributed by atoms with Crippen LogP contribution in [-0.4, -0.2) is 30.9 Å². The molecule has 0 aliphatic carbocycles. The lowest BCUT2D eigenvalue weighted by Crippen LogP contribution is -2.54. The van der Waals surface area contributed by atoms with Gasteiger partial charge in [-0.25, -0.2) is 14.5 Å². The van der Waals surface area contributed by atoms with Crippen molar-refractivity contribution in [3.8, 4) is 11.5 Å². The lowest BCUT2D eigenvalue weighted by atomic mass is 10.1. The maximum Gasteiger partial charge on any atom is 0.343 e. The van der Waals surface area contributed by atoms with E-state index < -0.39 is 23.8 Å². The van der Waals surface area contributed by atoms with E-state index in [9.17, 15) is 19.2 Å². The van der Waals surface area contributed by atoms with E-state index in [2.05, 4.69) is 5.32 Å². The van der Waals surface area contributed by atoms with Gasteiger partial charge in [-0.05, 0) is 60.5 Å². The first-order valence-corrected chi connectivity index (χ1v) is 10.8. The first kappa shape index (κ1) is 23.7. The number of urea groups is 1. The minimum Gasteiger partial charge on any atom is -0.493 e. The first-order valence-electron chi connectivity index (χ1n) is 10.4. The summed E-state index contributed by atoms with van der Waals surface area (Å²) >= 11 is 6.15. The van der Waals surface area contributed by atoms with Gasteiger partial charge in [-0.1, -0.05) is 41.9 Å². The summed E-state index contributed by atoms with van der Waals surface area (Å²) < 4.78 is 10.7. The molecule has 1 saturated heterocycles. The Hall–Kier alpha value is -4.43. The van der Waals surface area contributed by atoms with Crippen molar-refractivity contribution in [1.29, 1.82) is 0 Å². The van der Waals surface area contributed by atoms with Crippen molar-refractivity contribution >= 4 is 47.2 Å². The fourth-order valence-corrected chi connectivity index (χ4v) is 3.55. The number of amides is 4. The van der Waals surface area contributed by atoms with Crippen molar-refractivity contribution in [3.05, 3.63) is 94.0 Å². The minimum atomic E-state index is -0.877. The van der Waals surface area contributed by atoms with Crippen molar-refractivity contribution in [2.75, 3.05) is 12.0 Å². The molecule has 1 heterocycles. The van der Waals surface area contributed by atoms with E-state index in [1.54, 1.807) is 55.5 Å². The van der Waals surface area contributed by atoms with Gasteiger partial charge in [0.25, 0.3) is 11.8 Å². The molecule has 1 fully saturated rings. The Balaban J connectivity index is 1.63. The Bertz CT molecular complexity index is 1380. The molecule has 0 saturated carbocycles. The summed E-state index contributed by atoms with van der Waals surface area (Å²) in [6, 6.07) is 16.8. The molecule has 1 aliphatic heterocycles. The van der Waals surface area contributed by atoms with Gasteiger partial charge in [0, 0.05) is 5.02 Å². The number of rotatable bonds is 5. The number of carbonyl (C=O) groups is 4. The molecule has 0 unspecified atom stereocenters. The standard InChI is InChI=1S/C26H19ClN2O6/c1-15-8-10-18(14-20(15)27)29-24(31)19(23(30)28-26(29)33)12-16-9-11-21(22(13-16)34-2)35-25(32)17-6-4-3-5-7-17/h3-14H,1-2H3,(H,28,30,33). The number of nitrogens with one attached hydrogen (secondary N) is 1. The number of hydrogen-bond donors (Lipinski definition) is 1. The first-order chi connectivity index (χ1) is 16.8. The van der Waals surface area contributed by atoms with Gasteiger partial charge in [0.1, 0.15) is 5.57 Å². The summed E-state index contributed by atoms with van der Waals surface area (Å²) in [5.74, 6) is -1.84. The van der Waals surface area contributed by atoms with Crippen LogP contribution >= 0.6 is 11.6 Å². The van der Waals surface area contributed by atoms with E-state index in [1.807, 2.05) is 0 Å². The predicted octanol–water partition coefficient (Wildman–Crippen LogP) is 4.54. The number of halogens is 1. The molecular weight excluding hydrogens is 472 g/mol. The van der Waals surface area contributed by atoms with Gasteiger partial charge < -0.3 is 9.47 Å². The van der Waals surface area contributed by atoms with Gasteiger partial charge in [-0.2, -0.15) is 0 Å². The van der Waals surface area contributed by atoms with Crippen LogP contribution in [0.5, 0.6) is 11.5 Å². The van der Waals surface area contributed by atoms with Crippen molar-refractivity contribution in [2.24, 2.45) is 0 Å². The Kier molecular flexibility index (Phi) is 6.66. The zero-order chi connectivity index (χ0) is 25.1. The number of esters is 1. The van der Waals surface area contributed by atoms with E-state index in [0.29, 0.717) is 16.1 Å². The number of carbonyl (C=O) groups excluding carboxylic acids is 4. The number of anilines is 1. The molecule has 35 heavy (non-hydrogen) atoms. The highest BCUT2D eigenvalue weighted by Crippen LogP contribution is 2.31. The van der Waals surface area contributed by atoms with Gasteiger partial charge in [0.15, 0.2) is 11.5 Å². The number of imide groups is 2. The molecule has 0 bridgehead atoms. The number of benzene rings is 3. The van der Waals surface area contributed by atoms with Crippen LogP contribution in [0.1, 0.15) is 21.5 Å².